The second-order valence-electron chi connectivity index (χ2n) is 6.83. The molecule has 0 spiro atoms. The summed E-state index contributed by atoms with van der Waals surface area (Å²) in [5.41, 5.74) is 1.12. The van der Waals surface area contributed by atoms with Crippen LogP contribution in [-0.2, 0) is 16.1 Å². The third-order valence-electron chi connectivity index (χ3n) is 4.97. The lowest BCUT2D eigenvalue weighted by molar-refractivity contribution is -0.384. The summed E-state index contributed by atoms with van der Waals surface area (Å²) < 4.78 is 0. The smallest absolute Gasteiger partial charge is 0.296 e. The number of hydrogen-bond donors (Lipinski definition) is 1. The van der Waals surface area contributed by atoms with Crippen molar-refractivity contribution in [3.63, 3.8) is 0 Å². The van der Waals surface area contributed by atoms with Gasteiger partial charge in [0, 0.05) is 36.3 Å². The van der Waals surface area contributed by atoms with Crippen molar-refractivity contribution in [1.29, 1.82) is 0 Å². The van der Waals surface area contributed by atoms with Gasteiger partial charge < -0.3 is 10.0 Å². The number of pyridine rings is 2. The molecule has 3 heterocycles. The molecule has 1 aliphatic rings. The average Bonchev–Trinajstić information content (AvgIpc) is 3.05. The molecule has 4 rings (SSSR count). The largest absolute Gasteiger partial charge is 0.507 e. The molecule has 9 nitrogen and oxygen atoms in total. The molecule has 31 heavy (non-hydrogen) atoms. The molecular formula is C22H16N4O5. The fraction of sp³-hybridized carbons (Fsp3) is 0.0909. The van der Waals surface area contributed by atoms with E-state index in [1.165, 1.54) is 41.6 Å². The lowest BCUT2D eigenvalue weighted by Gasteiger charge is -2.24. The van der Waals surface area contributed by atoms with E-state index in [0.29, 0.717) is 11.3 Å². The number of benzene rings is 1. The zero-order valence-corrected chi connectivity index (χ0v) is 16.1. The summed E-state index contributed by atoms with van der Waals surface area (Å²) in [5, 5.41) is 21.8. The Morgan fingerprint density at radius 2 is 1.74 bits per heavy atom. The maximum atomic E-state index is 12.9. The van der Waals surface area contributed by atoms with Crippen LogP contribution >= 0.6 is 0 Å². The van der Waals surface area contributed by atoms with Crippen LogP contribution in [0.5, 0.6) is 0 Å². The Kier molecular flexibility index (Phi) is 5.23. The normalized spacial score (nSPS) is 17.7. The van der Waals surface area contributed by atoms with Crippen LogP contribution in [0.15, 0.2) is 78.8 Å². The molecule has 0 radical (unpaired) electrons. The van der Waals surface area contributed by atoms with E-state index < -0.39 is 28.4 Å². The highest BCUT2D eigenvalue weighted by atomic mass is 16.6. The number of aromatic nitrogens is 2. The average molecular weight is 416 g/mol. The molecule has 2 aromatic heterocycles. The number of rotatable bonds is 5. The van der Waals surface area contributed by atoms with Crippen LogP contribution in [0, 0.1) is 10.1 Å². The molecule has 1 saturated heterocycles. The van der Waals surface area contributed by atoms with Gasteiger partial charge >= 0.3 is 0 Å². The van der Waals surface area contributed by atoms with Gasteiger partial charge in [-0.2, -0.15) is 0 Å². The highest BCUT2D eigenvalue weighted by molar-refractivity contribution is 6.46. The molecular weight excluding hydrogens is 400 g/mol. The molecule has 0 bridgehead atoms. The van der Waals surface area contributed by atoms with Crippen molar-refractivity contribution in [2.45, 2.75) is 12.6 Å². The predicted molar refractivity (Wildman–Crippen MR) is 109 cm³/mol. The first-order valence-corrected chi connectivity index (χ1v) is 9.30. The van der Waals surface area contributed by atoms with Gasteiger partial charge in [0.15, 0.2) is 0 Å². The minimum Gasteiger partial charge on any atom is -0.507 e. The van der Waals surface area contributed by atoms with E-state index >= 15 is 0 Å². The summed E-state index contributed by atoms with van der Waals surface area (Å²) in [6.07, 6.45) is 4.65. The molecule has 1 unspecified atom stereocenters. The Bertz CT molecular complexity index is 1180. The highest BCUT2D eigenvalue weighted by Gasteiger charge is 2.46. The number of aliphatic hydroxyl groups is 1. The highest BCUT2D eigenvalue weighted by Crippen LogP contribution is 2.40. The van der Waals surface area contributed by atoms with Crippen LogP contribution in [0.3, 0.4) is 0 Å². The molecule has 0 saturated carbocycles. The van der Waals surface area contributed by atoms with Gasteiger partial charge in [-0.1, -0.05) is 6.07 Å². The van der Waals surface area contributed by atoms with Crippen molar-refractivity contribution in [3.8, 4) is 0 Å². The fourth-order valence-corrected chi connectivity index (χ4v) is 3.50. The summed E-state index contributed by atoms with van der Waals surface area (Å²) in [7, 11) is 0. The third-order valence-corrected chi connectivity index (χ3v) is 4.97. The minimum absolute atomic E-state index is 0.0649. The van der Waals surface area contributed by atoms with Gasteiger partial charge in [-0.3, -0.25) is 29.7 Å². The molecule has 1 aromatic carbocycles. The monoisotopic (exact) mass is 416 g/mol. The van der Waals surface area contributed by atoms with Gasteiger partial charge in [0.1, 0.15) is 5.76 Å². The summed E-state index contributed by atoms with van der Waals surface area (Å²) >= 11 is 0. The van der Waals surface area contributed by atoms with Crippen molar-refractivity contribution in [1.82, 2.24) is 14.9 Å². The topological polar surface area (TPSA) is 127 Å². The number of nitro groups is 1. The fourth-order valence-electron chi connectivity index (χ4n) is 3.50. The number of nitrogens with zero attached hydrogens (tertiary/aromatic N) is 4. The molecule has 154 valence electrons. The van der Waals surface area contributed by atoms with Crippen LogP contribution in [0.4, 0.5) is 5.69 Å². The lowest BCUT2D eigenvalue weighted by atomic mass is 9.96. The van der Waals surface area contributed by atoms with Crippen LogP contribution in [-0.4, -0.2) is 36.6 Å². The molecule has 1 fully saturated rings. The van der Waals surface area contributed by atoms with Gasteiger partial charge in [0.05, 0.1) is 28.8 Å². The van der Waals surface area contributed by atoms with Crippen molar-refractivity contribution < 1.29 is 19.6 Å². The van der Waals surface area contributed by atoms with Crippen molar-refractivity contribution in [2.24, 2.45) is 0 Å². The van der Waals surface area contributed by atoms with Crippen molar-refractivity contribution in [2.75, 3.05) is 0 Å². The van der Waals surface area contributed by atoms with Crippen LogP contribution in [0.25, 0.3) is 5.76 Å². The standard InChI is InChI=1S/C22H16N4O5/c27-20(15-4-6-17(7-5-15)26(30)31)18-19(14-8-11-23-12-9-14)25(22(29)21(18)28)13-16-3-1-2-10-24-16/h1-12,19,27H,13H2/b20-18-. The molecule has 1 N–H and O–H groups in total. The van der Waals surface area contributed by atoms with Crippen molar-refractivity contribution in [3.05, 3.63) is 106 Å². The first-order chi connectivity index (χ1) is 15.0. The van der Waals surface area contributed by atoms with Gasteiger partial charge in [0.25, 0.3) is 17.4 Å². The molecule has 1 aliphatic heterocycles. The van der Waals surface area contributed by atoms with Gasteiger partial charge in [0.2, 0.25) is 0 Å². The van der Waals surface area contributed by atoms with E-state index in [1.807, 2.05) is 0 Å². The summed E-state index contributed by atoms with van der Waals surface area (Å²) in [6.45, 7) is 0.0649. The number of Topliss-reactive ketones (excluding diaryl/α,β-unsaturated/α-hetero) is 1. The number of hydrogen-bond acceptors (Lipinski definition) is 7. The molecule has 0 aliphatic carbocycles. The predicted octanol–water partition coefficient (Wildman–Crippen LogP) is 3.01. The van der Waals surface area contributed by atoms with Crippen LogP contribution in [0.2, 0.25) is 0 Å². The lowest BCUT2D eigenvalue weighted by Crippen LogP contribution is -2.29. The van der Waals surface area contributed by atoms with E-state index in [-0.39, 0.29) is 23.4 Å². The van der Waals surface area contributed by atoms with Gasteiger partial charge in [-0.25, -0.2) is 0 Å². The molecule has 1 atom stereocenters. The van der Waals surface area contributed by atoms with Gasteiger partial charge in [-0.05, 0) is 42.0 Å². The summed E-state index contributed by atoms with van der Waals surface area (Å²) in [5.74, 6) is -2.01. The van der Waals surface area contributed by atoms with E-state index in [4.69, 9.17) is 0 Å². The first-order valence-electron chi connectivity index (χ1n) is 9.30. The summed E-state index contributed by atoms with van der Waals surface area (Å²) in [6, 6.07) is 12.8. The number of carbonyl (C=O) groups is 2. The third kappa shape index (κ3) is 3.76. The number of carbonyl (C=O) groups excluding carboxylic acids is 2. The Morgan fingerprint density at radius 1 is 1.03 bits per heavy atom. The number of aliphatic hydroxyl groups excluding tert-OH is 1. The Morgan fingerprint density at radius 3 is 2.35 bits per heavy atom. The first kappa shape index (κ1) is 19.9. The van der Waals surface area contributed by atoms with Crippen LogP contribution < -0.4 is 0 Å². The van der Waals surface area contributed by atoms with E-state index in [0.717, 1.165) is 0 Å². The molecule has 3 aromatic rings. The molecule has 1 amide bonds. The zero-order chi connectivity index (χ0) is 22.0. The maximum absolute atomic E-state index is 12.9. The number of non-ortho nitro benzene ring substituents is 1. The number of ketones is 1. The minimum atomic E-state index is -0.861. The van der Waals surface area contributed by atoms with E-state index in [9.17, 15) is 24.8 Å². The SMILES string of the molecule is O=C1C(=O)N(Cc2ccccn2)C(c2ccncc2)/C1=C(/O)c1ccc([N+](=O)[O-])cc1. The van der Waals surface area contributed by atoms with Gasteiger partial charge in [-0.15, -0.1) is 0 Å². The molecule has 9 heteroatoms. The second-order valence-corrected chi connectivity index (χ2v) is 6.83. The van der Waals surface area contributed by atoms with Crippen molar-refractivity contribution >= 4 is 23.1 Å². The second kappa shape index (κ2) is 8.15. The van der Waals surface area contributed by atoms with Crippen LogP contribution in [0.1, 0.15) is 22.9 Å². The number of likely N-dealkylation sites (tertiary alicyclic amines) is 1. The Hall–Kier alpha value is -4.40. The zero-order valence-electron chi connectivity index (χ0n) is 16.1. The van der Waals surface area contributed by atoms with E-state index in [1.54, 1.807) is 36.5 Å². The Balaban J connectivity index is 1.83. The Labute approximate surface area is 176 Å². The number of amides is 1. The summed E-state index contributed by atoms with van der Waals surface area (Å²) in [4.78, 5) is 45.7. The number of nitro benzene ring substituents is 1. The maximum Gasteiger partial charge on any atom is 0.296 e. The van der Waals surface area contributed by atoms with E-state index in [2.05, 4.69) is 9.97 Å². The quantitative estimate of drug-likeness (QED) is 0.223.